The molecule has 0 bridgehead atoms. The van der Waals surface area contributed by atoms with Crippen molar-refractivity contribution in [1.29, 1.82) is 0 Å². The van der Waals surface area contributed by atoms with Crippen molar-refractivity contribution in [2.45, 2.75) is 6.54 Å². The number of rotatable bonds is 3. The summed E-state index contributed by atoms with van der Waals surface area (Å²) in [4.78, 5) is 3.80. The van der Waals surface area contributed by atoms with Crippen molar-refractivity contribution < 1.29 is 9.13 Å². The number of aromatic nitrogens is 1. The van der Waals surface area contributed by atoms with E-state index in [-0.39, 0.29) is 5.88 Å². The first-order valence-electron chi connectivity index (χ1n) is 4.87. The predicted octanol–water partition coefficient (Wildman–Crippen LogP) is 2.47. The molecule has 1 heterocycles. The summed E-state index contributed by atoms with van der Waals surface area (Å²) in [5.41, 5.74) is 6.42. The van der Waals surface area contributed by atoms with Crippen LogP contribution in [0.3, 0.4) is 0 Å². The minimum Gasteiger partial charge on any atom is -0.436 e. The van der Waals surface area contributed by atoms with Crippen molar-refractivity contribution in [3.8, 4) is 11.6 Å². The molecule has 3 nitrogen and oxygen atoms in total. The van der Waals surface area contributed by atoms with Crippen molar-refractivity contribution >= 4 is 0 Å². The second kappa shape index (κ2) is 4.72. The Morgan fingerprint density at radius 1 is 1.25 bits per heavy atom. The van der Waals surface area contributed by atoms with E-state index in [1.54, 1.807) is 18.2 Å². The van der Waals surface area contributed by atoms with Gasteiger partial charge in [-0.1, -0.05) is 12.1 Å². The van der Waals surface area contributed by atoms with Gasteiger partial charge in [-0.15, -0.1) is 0 Å². The number of halogens is 1. The van der Waals surface area contributed by atoms with E-state index in [9.17, 15) is 4.39 Å². The first-order valence-corrected chi connectivity index (χ1v) is 4.87. The summed E-state index contributed by atoms with van der Waals surface area (Å²) in [5, 5.41) is 0. The molecule has 16 heavy (non-hydrogen) atoms. The summed E-state index contributed by atoms with van der Waals surface area (Å²) in [5.74, 6) is 0.0119. The highest BCUT2D eigenvalue weighted by atomic mass is 19.1. The smallest absolute Gasteiger partial charge is 0.255 e. The minimum absolute atomic E-state index is 0.0309. The lowest BCUT2D eigenvalue weighted by Gasteiger charge is -2.06. The number of nitrogens with two attached hydrogens (primary N) is 1. The Morgan fingerprint density at radius 3 is 2.88 bits per heavy atom. The highest BCUT2D eigenvalue weighted by Crippen LogP contribution is 2.22. The summed E-state index contributed by atoms with van der Waals surface area (Å²) >= 11 is 0. The van der Waals surface area contributed by atoms with Gasteiger partial charge in [0.25, 0.3) is 5.88 Å². The largest absolute Gasteiger partial charge is 0.436 e. The van der Waals surface area contributed by atoms with Crippen LogP contribution in [0.25, 0.3) is 0 Å². The maximum absolute atomic E-state index is 13.2. The first-order chi connectivity index (χ1) is 7.79. The van der Waals surface area contributed by atoms with Gasteiger partial charge in [0.1, 0.15) is 5.75 Å². The van der Waals surface area contributed by atoms with Gasteiger partial charge in [-0.3, -0.25) is 0 Å². The second-order valence-electron chi connectivity index (χ2n) is 3.24. The zero-order valence-electron chi connectivity index (χ0n) is 8.56. The molecule has 0 atom stereocenters. The third-order valence-electron chi connectivity index (χ3n) is 2.07. The number of nitrogens with zero attached hydrogens (tertiary/aromatic N) is 1. The molecule has 0 saturated heterocycles. The maximum Gasteiger partial charge on any atom is 0.255 e. The van der Waals surface area contributed by atoms with E-state index in [1.807, 2.05) is 6.07 Å². The lowest BCUT2D eigenvalue weighted by Crippen LogP contribution is -1.97. The van der Waals surface area contributed by atoms with Gasteiger partial charge in [0.2, 0.25) is 0 Å². The fraction of sp³-hybridized carbons (Fsp3) is 0.0833. The number of ether oxygens (including phenoxy) is 1. The van der Waals surface area contributed by atoms with Gasteiger partial charge in [0.05, 0.1) is 0 Å². The maximum atomic E-state index is 13.2. The van der Waals surface area contributed by atoms with Crippen LogP contribution >= 0.6 is 0 Å². The molecule has 2 rings (SSSR count). The molecule has 0 amide bonds. The molecule has 0 fully saturated rings. The Labute approximate surface area is 92.7 Å². The van der Waals surface area contributed by atoms with Crippen molar-refractivity contribution in [2.75, 3.05) is 0 Å². The van der Waals surface area contributed by atoms with E-state index in [1.165, 1.54) is 18.3 Å². The Bertz CT molecular complexity index is 488. The standard InChI is InChI=1S/C12H11FN2O/c13-11-5-2-6-15-12(11)16-10-4-1-3-9(7-10)8-14/h1-7H,8,14H2. The summed E-state index contributed by atoms with van der Waals surface area (Å²) < 4.78 is 18.6. The van der Waals surface area contributed by atoms with Gasteiger partial charge in [0, 0.05) is 12.7 Å². The summed E-state index contributed by atoms with van der Waals surface area (Å²) in [6, 6.07) is 9.98. The van der Waals surface area contributed by atoms with Crippen molar-refractivity contribution in [3.05, 3.63) is 54.0 Å². The Balaban J connectivity index is 2.24. The fourth-order valence-corrected chi connectivity index (χ4v) is 1.29. The van der Waals surface area contributed by atoms with E-state index in [2.05, 4.69) is 4.98 Å². The molecule has 0 aliphatic rings. The van der Waals surface area contributed by atoms with Crippen molar-refractivity contribution in [3.63, 3.8) is 0 Å². The molecule has 4 heteroatoms. The molecule has 82 valence electrons. The van der Waals surface area contributed by atoms with Gasteiger partial charge in [-0.25, -0.2) is 9.37 Å². The summed E-state index contributed by atoms with van der Waals surface area (Å²) in [7, 11) is 0. The molecular formula is C12H11FN2O. The fourth-order valence-electron chi connectivity index (χ4n) is 1.29. The van der Waals surface area contributed by atoms with Crippen LogP contribution in [-0.4, -0.2) is 4.98 Å². The molecule has 0 aliphatic carbocycles. The van der Waals surface area contributed by atoms with Crippen molar-refractivity contribution in [2.24, 2.45) is 5.73 Å². The average Bonchev–Trinajstić information content (AvgIpc) is 2.32. The molecule has 1 aromatic carbocycles. The Hall–Kier alpha value is -1.94. The van der Waals surface area contributed by atoms with Crippen LogP contribution in [0, 0.1) is 5.82 Å². The van der Waals surface area contributed by atoms with Gasteiger partial charge in [-0.05, 0) is 29.8 Å². The van der Waals surface area contributed by atoms with Gasteiger partial charge in [-0.2, -0.15) is 0 Å². The molecule has 0 spiro atoms. The van der Waals surface area contributed by atoms with Crippen LogP contribution in [0.2, 0.25) is 0 Å². The van der Waals surface area contributed by atoms with Gasteiger partial charge in [0.15, 0.2) is 5.82 Å². The first kappa shape index (κ1) is 10.6. The van der Waals surface area contributed by atoms with Gasteiger partial charge >= 0.3 is 0 Å². The van der Waals surface area contributed by atoms with Crippen LogP contribution in [0.4, 0.5) is 4.39 Å². The minimum atomic E-state index is -0.486. The van der Waals surface area contributed by atoms with Crippen molar-refractivity contribution in [1.82, 2.24) is 4.98 Å². The summed E-state index contributed by atoms with van der Waals surface area (Å²) in [6.07, 6.45) is 1.48. The molecule has 2 N–H and O–H groups in total. The van der Waals surface area contributed by atoms with Crippen LogP contribution < -0.4 is 10.5 Å². The van der Waals surface area contributed by atoms with Crippen LogP contribution in [0.5, 0.6) is 11.6 Å². The van der Waals surface area contributed by atoms with E-state index < -0.39 is 5.82 Å². The van der Waals surface area contributed by atoms with E-state index >= 15 is 0 Å². The molecule has 0 aliphatic heterocycles. The quantitative estimate of drug-likeness (QED) is 0.860. The molecule has 0 unspecified atom stereocenters. The number of hydrogen-bond acceptors (Lipinski definition) is 3. The molecule has 0 radical (unpaired) electrons. The van der Waals surface area contributed by atoms with Crippen LogP contribution in [0.15, 0.2) is 42.6 Å². The number of pyridine rings is 1. The Kier molecular flexibility index (Phi) is 3.12. The predicted molar refractivity (Wildman–Crippen MR) is 58.6 cm³/mol. The number of benzene rings is 1. The third-order valence-corrected chi connectivity index (χ3v) is 2.07. The summed E-state index contributed by atoms with van der Waals surface area (Å²) in [6.45, 7) is 0.419. The highest BCUT2D eigenvalue weighted by Gasteiger charge is 2.04. The average molecular weight is 218 g/mol. The molecule has 2 aromatic rings. The van der Waals surface area contributed by atoms with Crippen LogP contribution in [-0.2, 0) is 6.54 Å². The number of hydrogen-bond donors (Lipinski definition) is 1. The topological polar surface area (TPSA) is 48.1 Å². The van der Waals surface area contributed by atoms with E-state index in [0.29, 0.717) is 12.3 Å². The zero-order valence-corrected chi connectivity index (χ0v) is 8.56. The second-order valence-corrected chi connectivity index (χ2v) is 3.24. The SMILES string of the molecule is NCc1cccc(Oc2ncccc2F)c1. The van der Waals surface area contributed by atoms with E-state index in [0.717, 1.165) is 5.56 Å². The Morgan fingerprint density at radius 2 is 2.12 bits per heavy atom. The monoisotopic (exact) mass is 218 g/mol. The molecular weight excluding hydrogens is 207 g/mol. The third kappa shape index (κ3) is 2.35. The molecule has 1 aromatic heterocycles. The molecule has 0 saturated carbocycles. The zero-order chi connectivity index (χ0) is 11.4. The lowest BCUT2D eigenvalue weighted by molar-refractivity contribution is 0.422. The van der Waals surface area contributed by atoms with Gasteiger partial charge < -0.3 is 10.5 Å². The van der Waals surface area contributed by atoms with E-state index in [4.69, 9.17) is 10.5 Å². The lowest BCUT2D eigenvalue weighted by atomic mass is 10.2. The highest BCUT2D eigenvalue weighted by molar-refractivity contribution is 5.31. The normalized spacial score (nSPS) is 10.1. The van der Waals surface area contributed by atoms with Crippen LogP contribution in [0.1, 0.15) is 5.56 Å².